The van der Waals surface area contributed by atoms with Crippen LogP contribution in [0, 0.1) is 0 Å². The first kappa shape index (κ1) is 12.5. The summed E-state index contributed by atoms with van der Waals surface area (Å²) < 4.78 is 5.81. The van der Waals surface area contributed by atoms with Crippen molar-refractivity contribution in [2.24, 2.45) is 0 Å². The largest absolute Gasteiger partial charge is 0.423 e. The number of para-hydroxylation sites is 1. The predicted molar refractivity (Wildman–Crippen MR) is 81.6 cm³/mol. The molecule has 1 aromatic heterocycles. The van der Waals surface area contributed by atoms with Crippen molar-refractivity contribution in [2.75, 3.05) is 17.2 Å². The number of anilines is 2. The van der Waals surface area contributed by atoms with Crippen LogP contribution in [0.5, 0.6) is 0 Å². The Morgan fingerprint density at radius 1 is 1.10 bits per heavy atom. The second-order valence-corrected chi connectivity index (χ2v) is 4.69. The molecule has 20 heavy (non-hydrogen) atoms. The van der Waals surface area contributed by atoms with Gasteiger partial charge in [-0.15, -0.1) is 0 Å². The minimum atomic E-state index is 0.615. The van der Waals surface area contributed by atoms with Crippen LogP contribution in [0.1, 0.15) is 12.5 Å². The lowest BCUT2D eigenvalue weighted by atomic mass is 10.2. The van der Waals surface area contributed by atoms with E-state index in [1.54, 1.807) is 0 Å². The monoisotopic (exact) mass is 267 g/mol. The van der Waals surface area contributed by atoms with Gasteiger partial charge in [0.2, 0.25) is 0 Å². The molecule has 0 aliphatic rings. The predicted octanol–water partition coefficient (Wildman–Crippen LogP) is 3.44. The van der Waals surface area contributed by atoms with Crippen LogP contribution < -0.4 is 10.6 Å². The van der Waals surface area contributed by atoms with Gasteiger partial charge >= 0.3 is 0 Å². The maximum Gasteiger partial charge on any atom is 0.298 e. The Labute approximate surface area is 117 Å². The third kappa shape index (κ3) is 2.32. The van der Waals surface area contributed by atoms with Gasteiger partial charge in [-0.1, -0.05) is 36.4 Å². The zero-order chi connectivity index (χ0) is 13.9. The van der Waals surface area contributed by atoms with Crippen molar-refractivity contribution in [3.8, 4) is 0 Å². The molecule has 0 radical (unpaired) electrons. The third-order valence-corrected chi connectivity index (χ3v) is 3.31. The van der Waals surface area contributed by atoms with Crippen molar-refractivity contribution < 1.29 is 4.42 Å². The van der Waals surface area contributed by atoms with E-state index in [2.05, 4.69) is 28.9 Å². The van der Waals surface area contributed by atoms with Gasteiger partial charge in [0.05, 0.1) is 5.69 Å². The smallest absolute Gasteiger partial charge is 0.298 e. The van der Waals surface area contributed by atoms with Crippen molar-refractivity contribution in [1.82, 2.24) is 4.98 Å². The fourth-order valence-corrected chi connectivity index (χ4v) is 2.21. The van der Waals surface area contributed by atoms with E-state index in [-0.39, 0.29) is 0 Å². The van der Waals surface area contributed by atoms with E-state index in [0.29, 0.717) is 11.7 Å². The van der Waals surface area contributed by atoms with E-state index in [9.17, 15) is 0 Å². The topological polar surface area (TPSA) is 55.3 Å². The number of nitrogens with two attached hydrogens (primary N) is 1. The molecule has 3 aromatic rings. The summed E-state index contributed by atoms with van der Waals surface area (Å²) in [6.07, 6.45) is 0. The normalized spacial score (nSPS) is 10.8. The lowest BCUT2D eigenvalue weighted by molar-refractivity contribution is 0.569. The average Bonchev–Trinajstić information content (AvgIpc) is 2.91. The van der Waals surface area contributed by atoms with Crippen LogP contribution >= 0.6 is 0 Å². The van der Waals surface area contributed by atoms with Gasteiger partial charge in [-0.2, -0.15) is 4.98 Å². The molecule has 2 aromatic carbocycles. The number of aromatic nitrogens is 1. The lowest BCUT2D eigenvalue weighted by Gasteiger charge is -2.18. The van der Waals surface area contributed by atoms with E-state index >= 15 is 0 Å². The Kier molecular flexibility index (Phi) is 3.29. The standard InChI is InChI=1S/C16H17N3O/c1-2-19(11-12-7-4-3-5-8-12)16-18-15-13(17)9-6-10-14(15)20-16/h3-10H,2,11,17H2,1H3. The van der Waals surface area contributed by atoms with Crippen molar-refractivity contribution in [2.45, 2.75) is 13.5 Å². The number of nitrogens with zero attached hydrogens (tertiary/aromatic N) is 2. The third-order valence-electron chi connectivity index (χ3n) is 3.31. The highest BCUT2D eigenvalue weighted by atomic mass is 16.4. The Morgan fingerprint density at radius 2 is 1.90 bits per heavy atom. The molecule has 0 atom stereocenters. The summed E-state index contributed by atoms with van der Waals surface area (Å²) in [6.45, 7) is 3.67. The molecule has 0 saturated heterocycles. The molecule has 0 amide bonds. The van der Waals surface area contributed by atoms with E-state index in [0.717, 1.165) is 24.2 Å². The summed E-state index contributed by atoms with van der Waals surface area (Å²) in [5.41, 5.74) is 9.25. The second-order valence-electron chi connectivity index (χ2n) is 4.69. The zero-order valence-corrected chi connectivity index (χ0v) is 11.4. The van der Waals surface area contributed by atoms with E-state index < -0.39 is 0 Å². The van der Waals surface area contributed by atoms with Gasteiger partial charge < -0.3 is 15.1 Å². The quantitative estimate of drug-likeness (QED) is 0.736. The minimum Gasteiger partial charge on any atom is -0.423 e. The summed E-state index contributed by atoms with van der Waals surface area (Å²) in [5, 5.41) is 0. The molecule has 3 rings (SSSR count). The van der Waals surface area contributed by atoms with Gasteiger partial charge in [-0.05, 0) is 24.6 Å². The average molecular weight is 267 g/mol. The van der Waals surface area contributed by atoms with Gasteiger partial charge in [-0.3, -0.25) is 0 Å². The number of benzene rings is 2. The molecular weight excluding hydrogens is 250 g/mol. The van der Waals surface area contributed by atoms with Crippen LogP contribution in [0.25, 0.3) is 11.1 Å². The highest BCUT2D eigenvalue weighted by molar-refractivity contribution is 5.86. The molecule has 0 aliphatic carbocycles. The summed E-state index contributed by atoms with van der Waals surface area (Å²) in [6, 6.07) is 16.5. The fraction of sp³-hybridized carbons (Fsp3) is 0.188. The first-order valence-electron chi connectivity index (χ1n) is 6.72. The highest BCUT2D eigenvalue weighted by Gasteiger charge is 2.14. The van der Waals surface area contributed by atoms with Crippen molar-refractivity contribution in [1.29, 1.82) is 0 Å². The summed E-state index contributed by atoms with van der Waals surface area (Å²) >= 11 is 0. The number of hydrogen-bond acceptors (Lipinski definition) is 4. The van der Waals surface area contributed by atoms with Gasteiger partial charge in [0, 0.05) is 13.1 Å². The molecule has 4 nitrogen and oxygen atoms in total. The van der Waals surface area contributed by atoms with Gasteiger partial charge in [0.15, 0.2) is 5.58 Å². The number of rotatable bonds is 4. The van der Waals surface area contributed by atoms with Crippen molar-refractivity contribution in [3.05, 3.63) is 54.1 Å². The molecule has 0 fully saturated rings. The number of nitrogen functional groups attached to an aromatic ring is 1. The Morgan fingerprint density at radius 3 is 2.60 bits per heavy atom. The SMILES string of the molecule is CCN(Cc1ccccc1)c1nc2c(N)cccc2o1. The number of hydrogen-bond donors (Lipinski definition) is 1. The molecule has 0 spiro atoms. The van der Waals surface area contributed by atoms with Crippen molar-refractivity contribution >= 4 is 22.8 Å². The van der Waals surface area contributed by atoms with Crippen LogP contribution in [0.2, 0.25) is 0 Å². The Balaban J connectivity index is 1.93. The first-order chi connectivity index (χ1) is 9.78. The maximum absolute atomic E-state index is 5.92. The number of fused-ring (bicyclic) bond motifs is 1. The molecule has 0 unspecified atom stereocenters. The molecule has 0 aliphatic heterocycles. The molecule has 102 valence electrons. The van der Waals surface area contributed by atoms with Gasteiger partial charge in [0.1, 0.15) is 5.52 Å². The second kappa shape index (κ2) is 5.25. The molecule has 4 heteroatoms. The Bertz CT molecular complexity index is 706. The summed E-state index contributed by atoms with van der Waals surface area (Å²) in [4.78, 5) is 6.61. The lowest BCUT2D eigenvalue weighted by Crippen LogP contribution is -2.22. The summed E-state index contributed by atoms with van der Waals surface area (Å²) in [5.74, 6) is 0. The first-order valence-corrected chi connectivity index (χ1v) is 6.72. The maximum atomic E-state index is 5.92. The minimum absolute atomic E-state index is 0.615. The molecule has 0 saturated carbocycles. The van der Waals surface area contributed by atoms with Gasteiger partial charge in [-0.25, -0.2) is 0 Å². The van der Waals surface area contributed by atoms with E-state index in [1.807, 2.05) is 36.4 Å². The molecular formula is C16H17N3O. The van der Waals surface area contributed by atoms with Crippen molar-refractivity contribution in [3.63, 3.8) is 0 Å². The molecule has 1 heterocycles. The summed E-state index contributed by atoms with van der Waals surface area (Å²) in [7, 11) is 0. The highest BCUT2D eigenvalue weighted by Crippen LogP contribution is 2.26. The van der Waals surface area contributed by atoms with Crippen LogP contribution in [0.3, 0.4) is 0 Å². The van der Waals surface area contributed by atoms with Crippen LogP contribution in [0.15, 0.2) is 52.9 Å². The molecule has 2 N–H and O–H groups in total. The van der Waals surface area contributed by atoms with Crippen LogP contribution in [-0.4, -0.2) is 11.5 Å². The Hall–Kier alpha value is -2.49. The van der Waals surface area contributed by atoms with Crippen LogP contribution in [0.4, 0.5) is 11.7 Å². The molecule has 0 bridgehead atoms. The van der Waals surface area contributed by atoms with E-state index in [4.69, 9.17) is 10.2 Å². The van der Waals surface area contributed by atoms with Crippen LogP contribution in [-0.2, 0) is 6.54 Å². The van der Waals surface area contributed by atoms with Gasteiger partial charge in [0.25, 0.3) is 6.01 Å². The zero-order valence-electron chi connectivity index (χ0n) is 11.4. The van der Waals surface area contributed by atoms with E-state index in [1.165, 1.54) is 5.56 Å². The fourth-order valence-electron chi connectivity index (χ4n) is 2.21. The number of oxazole rings is 1.